The molecule has 0 atom stereocenters. The van der Waals surface area contributed by atoms with Crippen molar-refractivity contribution in [2.45, 2.75) is 23.4 Å². The summed E-state index contributed by atoms with van der Waals surface area (Å²) in [7, 11) is 0. The fourth-order valence-electron chi connectivity index (χ4n) is 0.997. The number of esters is 1. The fraction of sp³-hybridized carbons (Fsp3) is 0.333. The number of aromatic nitrogens is 3. The van der Waals surface area contributed by atoms with Gasteiger partial charge in [0.1, 0.15) is 12.1 Å². The third kappa shape index (κ3) is 3.04. The van der Waals surface area contributed by atoms with Crippen LogP contribution >= 0.6 is 23.3 Å². The lowest BCUT2D eigenvalue weighted by atomic mass is 10.5. The second-order valence-electron chi connectivity index (χ2n) is 2.93. The molecular formula is C9H9N3O3S2. The van der Waals surface area contributed by atoms with Crippen LogP contribution in [0, 0.1) is 6.92 Å². The zero-order chi connectivity index (χ0) is 12.3. The summed E-state index contributed by atoms with van der Waals surface area (Å²) in [6.45, 7) is 3.85. The summed E-state index contributed by atoms with van der Waals surface area (Å²) >= 11 is 2.48. The zero-order valence-electron chi connectivity index (χ0n) is 9.17. The van der Waals surface area contributed by atoms with Crippen LogP contribution in [0.4, 0.5) is 0 Å². The number of rotatable bonds is 4. The molecule has 2 rings (SSSR count). The van der Waals surface area contributed by atoms with Gasteiger partial charge in [0.05, 0.1) is 6.61 Å². The molecule has 17 heavy (non-hydrogen) atoms. The van der Waals surface area contributed by atoms with E-state index in [9.17, 15) is 4.79 Å². The van der Waals surface area contributed by atoms with Crippen molar-refractivity contribution in [2.75, 3.05) is 6.61 Å². The first-order valence-corrected chi connectivity index (χ1v) is 6.39. The molecule has 0 aliphatic heterocycles. The molecule has 0 saturated heterocycles. The minimum Gasteiger partial charge on any atom is -0.461 e. The SMILES string of the molecule is CCOC(=O)c1coc(Sc2nc(C)ns2)n1. The number of ether oxygens (including phenoxy) is 1. The number of carbonyl (C=O) groups is 1. The van der Waals surface area contributed by atoms with Crippen LogP contribution < -0.4 is 0 Å². The number of nitrogens with zero attached hydrogens (tertiary/aromatic N) is 3. The van der Waals surface area contributed by atoms with Gasteiger partial charge in [0.15, 0.2) is 10.0 Å². The maximum atomic E-state index is 11.3. The summed E-state index contributed by atoms with van der Waals surface area (Å²) in [5.74, 6) is 0.214. The average Bonchev–Trinajstić information content (AvgIpc) is 2.89. The first-order chi connectivity index (χ1) is 8.19. The Morgan fingerprint density at radius 3 is 3.06 bits per heavy atom. The van der Waals surface area contributed by atoms with Crippen molar-refractivity contribution >= 4 is 29.3 Å². The number of hydrogen-bond donors (Lipinski definition) is 0. The second kappa shape index (κ2) is 5.28. The van der Waals surface area contributed by atoms with Crippen LogP contribution in [0.5, 0.6) is 0 Å². The highest BCUT2D eigenvalue weighted by Crippen LogP contribution is 2.28. The Hall–Kier alpha value is -1.41. The molecule has 2 heterocycles. The van der Waals surface area contributed by atoms with Crippen LogP contribution in [0.3, 0.4) is 0 Å². The average molecular weight is 271 g/mol. The summed E-state index contributed by atoms with van der Waals surface area (Å²) in [5.41, 5.74) is 0.163. The molecule has 0 aliphatic rings. The monoisotopic (exact) mass is 271 g/mol. The van der Waals surface area contributed by atoms with Crippen molar-refractivity contribution in [3.8, 4) is 0 Å². The molecule has 90 valence electrons. The maximum absolute atomic E-state index is 11.3. The van der Waals surface area contributed by atoms with E-state index in [-0.39, 0.29) is 5.69 Å². The Kier molecular flexibility index (Phi) is 3.75. The molecule has 0 aliphatic carbocycles. The lowest BCUT2D eigenvalue weighted by Crippen LogP contribution is -2.04. The van der Waals surface area contributed by atoms with E-state index in [0.29, 0.717) is 17.7 Å². The predicted octanol–water partition coefficient (Wildman–Crippen LogP) is 2.16. The minimum atomic E-state index is -0.489. The molecular weight excluding hydrogens is 262 g/mol. The third-order valence-corrected chi connectivity index (χ3v) is 3.36. The van der Waals surface area contributed by atoms with E-state index < -0.39 is 5.97 Å². The zero-order valence-corrected chi connectivity index (χ0v) is 10.8. The molecule has 2 aromatic rings. The molecule has 0 radical (unpaired) electrons. The maximum Gasteiger partial charge on any atom is 0.360 e. The molecule has 0 bridgehead atoms. The number of carbonyl (C=O) groups excluding carboxylic acids is 1. The van der Waals surface area contributed by atoms with Crippen molar-refractivity contribution < 1.29 is 13.9 Å². The Balaban J connectivity index is 2.06. The van der Waals surface area contributed by atoms with Gasteiger partial charge >= 0.3 is 5.97 Å². The molecule has 8 heteroatoms. The van der Waals surface area contributed by atoms with E-state index in [4.69, 9.17) is 9.15 Å². The van der Waals surface area contributed by atoms with Gasteiger partial charge in [-0.05, 0) is 25.4 Å². The summed E-state index contributed by atoms with van der Waals surface area (Å²) < 4.78 is 14.7. The molecule has 0 fully saturated rings. The highest BCUT2D eigenvalue weighted by molar-refractivity contribution is 8.00. The standard InChI is InChI=1S/C9H9N3O3S2/c1-3-14-7(13)6-4-15-8(11-6)16-9-10-5(2)12-17-9/h4H,3H2,1-2H3. The predicted molar refractivity (Wildman–Crippen MR) is 61.2 cm³/mol. The van der Waals surface area contributed by atoms with Crippen LogP contribution in [0.2, 0.25) is 0 Å². The molecule has 0 aromatic carbocycles. The lowest BCUT2D eigenvalue weighted by molar-refractivity contribution is 0.0519. The largest absolute Gasteiger partial charge is 0.461 e. The Labute approximate surface area is 106 Å². The number of oxazole rings is 1. The quantitative estimate of drug-likeness (QED) is 0.788. The van der Waals surface area contributed by atoms with E-state index in [0.717, 1.165) is 4.34 Å². The van der Waals surface area contributed by atoms with Gasteiger partial charge in [0.2, 0.25) is 0 Å². The van der Waals surface area contributed by atoms with Gasteiger partial charge in [-0.15, -0.1) is 0 Å². The summed E-state index contributed by atoms with van der Waals surface area (Å²) in [4.78, 5) is 19.5. The van der Waals surface area contributed by atoms with Crippen LogP contribution in [-0.4, -0.2) is 26.9 Å². The van der Waals surface area contributed by atoms with E-state index in [2.05, 4.69) is 14.3 Å². The summed E-state index contributed by atoms with van der Waals surface area (Å²) in [6, 6.07) is 0. The molecule has 0 N–H and O–H groups in total. The van der Waals surface area contributed by atoms with Crippen molar-refractivity contribution in [2.24, 2.45) is 0 Å². The van der Waals surface area contributed by atoms with Gasteiger partial charge in [0, 0.05) is 11.8 Å². The van der Waals surface area contributed by atoms with Crippen molar-refractivity contribution in [1.29, 1.82) is 0 Å². The van der Waals surface area contributed by atoms with Crippen LogP contribution in [-0.2, 0) is 4.74 Å². The molecule has 0 saturated carbocycles. The van der Waals surface area contributed by atoms with Gasteiger partial charge in [-0.3, -0.25) is 0 Å². The number of hydrogen-bond acceptors (Lipinski definition) is 8. The van der Waals surface area contributed by atoms with Crippen molar-refractivity contribution in [3.63, 3.8) is 0 Å². The first-order valence-electron chi connectivity index (χ1n) is 4.80. The highest BCUT2D eigenvalue weighted by Gasteiger charge is 2.15. The number of aryl methyl sites for hydroxylation is 1. The van der Waals surface area contributed by atoms with Gasteiger partial charge in [0.25, 0.3) is 5.22 Å². The second-order valence-corrected chi connectivity index (χ2v) is 4.88. The molecule has 0 amide bonds. The Morgan fingerprint density at radius 1 is 1.59 bits per heavy atom. The van der Waals surface area contributed by atoms with Crippen molar-refractivity contribution in [3.05, 3.63) is 17.8 Å². The van der Waals surface area contributed by atoms with Crippen molar-refractivity contribution in [1.82, 2.24) is 14.3 Å². The highest BCUT2D eigenvalue weighted by atomic mass is 32.2. The summed E-state index contributed by atoms with van der Waals surface area (Å²) in [5, 5.41) is 0.351. The van der Waals surface area contributed by atoms with Gasteiger partial charge in [-0.25, -0.2) is 9.78 Å². The smallest absolute Gasteiger partial charge is 0.360 e. The van der Waals surface area contributed by atoms with Gasteiger partial charge in [-0.2, -0.15) is 9.36 Å². The van der Waals surface area contributed by atoms with Gasteiger partial charge in [-0.1, -0.05) is 0 Å². The lowest BCUT2D eigenvalue weighted by Gasteiger charge is -1.94. The molecule has 0 unspecified atom stereocenters. The van der Waals surface area contributed by atoms with E-state index in [1.807, 2.05) is 0 Å². The topological polar surface area (TPSA) is 78.1 Å². The normalized spacial score (nSPS) is 10.5. The van der Waals surface area contributed by atoms with Crippen LogP contribution in [0.25, 0.3) is 0 Å². The molecule has 0 spiro atoms. The summed E-state index contributed by atoms with van der Waals surface area (Å²) in [6.07, 6.45) is 1.27. The minimum absolute atomic E-state index is 0.163. The van der Waals surface area contributed by atoms with Gasteiger partial charge < -0.3 is 9.15 Å². The molecule has 6 nitrogen and oxygen atoms in total. The van der Waals surface area contributed by atoms with E-state index in [1.165, 1.54) is 29.6 Å². The molecule has 2 aromatic heterocycles. The third-order valence-electron chi connectivity index (χ3n) is 1.65. The van der Waals surface area contributed by atoms with Crippen LogP contribution in [0.15, 0.2) is 20.2 Å². The van der Waals surface area contributed by atoms with E-state index in [1.54, 1.807) is 13.8 Å². The fourth-order valence-corrected chi connectivity index (χ4v) is 2.46. The van der Waals surface area contributed by atoms with E-state index >= 15 is 0 Å². The first kappa shape index (κ1) is 12.1. The Bertz CT molecular complexity index is 523. The Morgan fingerprint density at radius 2 is 2.41 bits per heavy atom. The van der Waals surface area contributed by atoms with Crippen LogP contribution in [0.1, 0.15) is 23.2 Å².